The summed E-state index contributed by atoms with van der Waals surface area (Å²) < 4.78 is 5.18. The lowest BCUT2D eigenvalue weighted by molar-refractivity contribution is -0.137. The minimum absolute atomic E-state index is 0.170. The van der Waals surface area contributed by atoms with Crippen molar-refractivity contribution in [2.45, 2.75) is 51.4 Å². The summed E-state index contributed by atoms with van der Waals surface area (Å²) in [7, 11) is 0. The number of β-amino-alcohol motifs (C(OH)–C–C–N with tert-alkyl or cyclic N) is 1. The zero-order chi connectivity index (χ0) is 31.6. The Labute approximate surface area is 256 Å². The zero-order valence-electron chi connectivity index (χ0n) is 24.4. The van der Waals surface area contributed by atoms with Crippen LogP contribution in [0.2, 0.25) is 5.02 Å². The molecule has 1 aliphatic heterocycles. The molecule has 0 saturated carbocycles. The molecule has 3 amide bonds. The average molecular weight is 609 g/mol. The number of nitrogens with one attached hydrogen (secondary N) is 2. The fourth-order valence-electron chi connectivity index (χ4n) is 4.23. The van der Waals surface area contributed by atoms with Crippen molar-refractivity contribution in [3.63, 3.8) is 0 Å². The molecule has 1 saturated heterocycles. The summed E-state index contributed by atoms with van der Waals surface area (Å²) in [5, 5.41) is 15.1. The van der Waals surface area contributed by atoms with E-state index in [1.807, 2.05) is 49.9 Å². The Balaban J connectivity index is 0.000000326. The minimum atomic E-state index is -1.03. The number of hydrogen-bond acceptors (Lipinski definition) is 7. The van der Waals surface area contributed by atoms with Gasteiger partial charge < -0.3 is 31.1 Å². The molecule has 43 heavy (non-hydrogen) atoms. The molecule has 5 N–H and O–H groups in total. The second-order valence-corrected chi connectivity index (χ2v) is 11.4. The number of carbonyl (C=O) groups excluding carboxylic acids is 4. The smallest absolute Gasteiger partial charge is 0.338 e. The van der Waals surface area contributed by atoms with Crippen LogP contribution < -0.4 is 21.3 Å². The Bertz CT molecular complexity index is 1410. The van der Waals surface area contributed by atoms with Gasteiger partial charge >= 0.3 is 17.8 Å². The van der Waals surface area contributed by atoms with Crippen LogP contribution in [0.5, 0.6) is 0 Å². The third kappa shape index (κ3) is 10.7. The lowest BCUT2D eigenvalue weighted by atomic mass is 10.1. The summed E-state index contributed by atoms with van der Waals surface area (Å²) >= 11 is 6.05. The van der Waals surface area contributed by atoms with Gasteiger partial charge in [-0.1, -0.05) is 60.1 Å². The number of rotatable bonds is 7. The van der Waals surface area contributed by atoms with Crippen LogP contribution in [0.1, 0.15) is 43.1 Å². The third-order valence-electron chi connectivity index (χ3n) is 6.26. The highest BCUT2D eigenvalue weighted by atomic mass is 35.5. The molecule has 0 bridgehead atoms. The maximum absolute atomic E-state index is 12.5. The van der Waals surface area contributed by atoms with Crippen molar-refractivity contribution in [3.05, 3.63) is 95.0 Å². The van der Waals surface area contributed by atoms with Crippen LogP contribution in [0.25, 0.3) is 0 Å². The van der Waals surface area contributed by atoms with Gasteiger partial charge in [0.25, 0.3) is 0 Å². The molecular weight excluding hydrogens is 572 g/mol. The molecule has 0 aromatic heterocycles. The Morgan fingerprint density at radius 2 is 1.63 bits per heavy atom. The Morgan fingerprint density at radius 1 is 1.00 bits per heavy atom. The van der Waals surface area contributed by atoms with Gasteiger partial charge in [0.05, 0.1) is 23.0 Å². The standard InChI is InChI=1S/C21H23ClN4O4.C11H14O2/c22-14-6-7-18(26-9-8-15(27)12-26)16(11-14)24-20(29)21(30)25-17(19(23)28)10-13-4-2-1-3-5-13;1-11(2,3)13-10(12)9-7-5-4-6-8-9/h1-7,11,15,17,27H,8-10,12H2,(H2,23,28)(H,24,29)(H,25,30);4-8H,1-3H3/t15-,17+;/m1./s1. The summed E-state index contributed by atoms with van der Waals surface area (Å²) in [4.78, 5) is 50.0. The second kappa shape index (κ2) is 15.2. The molecule has 0 aliphatic carbocycles. The molecule has 2 atom stereocenters. The van der Waals surface area contributed by atoms with E-state index < -0.39 is 35.5 Å². The molecule has 4 rings (SSSR count). The molecule has 3 aromatic rings. The normalized spacial score (nSPS) is 15.0. The average Bonchev–Trinajstić information content (AvgIpc) is 3.39. The maximum Gasteiger partial charge on any atom is 0.338 e. The number of benzene rings is 3. The molecule has 0 radical (unpaired) electrons. The molecular formula is C32H37ClN4O6. The van der Waals surface area contributed by atoms with E-state index in [-0.39, 0.29) is 12.4 Å². The number of aliphatic hydroxyl groups excluding tert-OH is 1. The van der Waals surface area contributed by atoms with Crippen molar-refractivity contribution in [2.24, 2.45) is 5.73 Å². The van der Waals surface area contributed by atoms with E-state index in [1.165, 1.54) is 6.07 Å². The van der Waals surface area contributed by atoms with Crippen LogP contribution in [0.4, 0.5) is 11.4 Å². The lowest BCUT2D eigenvalue weighted by Crippen LogP contribution is -2.49. The zero-order valence-corrected chi connectivity index (χ0v) is 25.1. The molecule has 0 spiro atoms. The highest BCUT2D eigenvalue weighted by Crippen LogP contribution is 2.31. The predicted octanol–water partition coefficient (Wildman–Crippen LogP) is 3.70. The monoisotopic (exact) mass is 608 g/mol. The Morgan fingerprint density at radius 3 is 2.19 bits per heavy atom. The maximum atomic E-state index is 12.5. The Hall–Kier alpha value is -4.41. The first-order valence-corrected chi connectivity index (χ1v) is 14.2. The van der Waals surface area contributed by atoms with Crippen LogP contribution in [0.15, 0.2) is 78.9 Å². The summed E-state index contributed by atoms with van der Waals surface area (Å²) in [6.07, 6.45) is 0.321. The van der Waals surface area contributed by atoms with Crippen molar-refractivity contribution in [3.8, 4) is 0 Å². The van der Waals surface area contributed by atoms with E-state index in [1.54, 1.807) is 48.5 Å². The van der Waals surface area contributed by atoms with E-state index >= 15 is 0 Å². The highest BCUT2D eigenvalue weighted by molar-refractivity contribution is 6.40. The van der Waals surface area contributed by atoms with Gasteiger partial charge in [0.2, 0.25) is 5.91 Å². The van der Waals surface area contributed by atoms with Gasteiger partial charge in [0, 0.05) is 24.5 Å². The summed E-state index contributed by atoms with van der Waals surface area (Å²) in [5.74, 6) is -2.94. The quantitative estimate of drug-likeness (QED) is 0.236. The number of esters is 1. The van der Waals surface area contributed by atoms with Crippen LogP contribution >= 0.6 is 11.6 Å². The summed E-state index contributed by atoms with van der Waals surface area (Å²) in [6, 6.07) is 21.9. The van der Waals surface area contributed by atoms with Crippen molar-refractivity contribution in [1.82, 2.24) is 5.32 Å². The predicted molar refractivity (Wildman–Crippen MR) is 166 cm³/mol. The first-order chi connectivity index (χ1) is 20.3. The number of carbonyl (C=O) groups is 4. The number of halogens is 1. The van der Waals surface area contributed by atoms with Crippen molar-refractivity contribution < 1.29 is 29.0 Å². The number of primary amides is 1. The number of hydrogen-bond donors (Lipinski definition) is 4. The van der Waals surface area contributed by atoms with E-state index in [0.717, 1.165) is 5.56 Å². The minimum Gasteiger partial charge on any atom is -0.456 e. The molecule has 1 fully saturated rings. The summed E-state index contributed by atoms with van der Waals surface area (Å²) in [5.41, 5.74) is 7.35. The number of nitrogens with zero attached hydrogens (tertiary/aromatic N) is 1. The van der Waals surface area contributed by atoms with Crippen LogP contribution in [0, 0.1) is 0 Å². The van der Waals surface area contributed by atoms with Gasteiger partial charge in [-0.25, -0.2) is 4.79 Å². The molecule has 1 heterocycles. The molecule has 228 valence electrons. The van der Waals surface area contributed by atoms with E-state index in [4.69, 9.17) is 22.1 Å². The molecule has 0 unspecified atom stereocenters. The van der Waals surface area contributed by atoms with E-state index in [2.05, 4.69) is 10.6 Å². The van der Waals surface area contributed by atoms with Crippen LogP contribution in [-0.4, -0.2) is 59.6 Å². The fraction of sp³-hybridized carbons (Fsp3) is 0.312. The second-order valence-electron chi connectivity index (χ2n) is 11.0. The van der Waals surface area contributed by atoms with E-state index in [0.29, 0.717) is 41.5 Å². The van der Waals surface area contributed by atoms with Gasteiger partial charge in [0.15, 0.2) is 0 Å². The largest absolute Gasteiger partial charge is 0.456 e. The SMILES string of the molecule is CC(C)(C)OC(=O)c1ccccc1.NC(=O)[C@H](Cc1ccccc1)NC(=O)C(=O)Nc1cc(Cl)ccc1N1CC[C@@H](O)C1. The molecule has 10 nitrogen and oxygen atoms in total. The third-order valence-corrected chi connectivity index (χ3v) is 6.49. The molecule has 11 heteroatoms. The lowest BCUT2D eigenvalue weighted by Gasteiger charge is -2.22. The first-order valence-electron chi connectivity index (χ1n) is 13.8. The van der Waals surface area contributed by atoms with Gasteiger partial charge in [-0.2, -0.15) is 0 Å². The topological polar surface area (TPSA) is 151 Å². The van der Waals surface area contributed by atoms with Crippen molar-refractivity contribution in [1.29, 1.82) is 0 Å². The number of aliphatic hydroxyl groups is 1. The number of nitrogens with two attached hydrogens (primary N) is 1. The number of anilines is 2. The highest BCUT2D eigenvalue weighted by Gasteiger charge is 2.26. The fourth-order valence-corrected chi connectivity index (χ4v) is 4.40. The molecule has 1 aliphatic rings. The summed E-state index contributed by atoms with van der Waals surface area (Å²) in [6.45, 7) is 6.59. The van der Waals surface area contributed by atoms with Crippen LogP contribution in [-0.2, 0) is 25.5 Å². The number of amides is 3. The van der Waals surface area contributed by atoms with Gasteiger partial charge in [0.1, 0.15) is 11.6 Å². The van der Waals surface area contributed by atoms with Gasteiger partial charge in [-0.15, -0.1) is 0 Å². The first kappa shape index (κ1) is 33.1. The van der Waals surface area contributed by atoms with Crippen molar-refractivity contribution >= 4 is 46.7 Å². The molecule has 3 aromatic carbocycles. The van der Waals surface area contributed by atoms with E-state index in [9.17, 15) is 24.3 Å². The van der Waals surface area contributed by atoms with Crippen molar-refractivity contribution in [2.75, 3.05) is 23.3 Å². The van der Waals surface area contributed by atoms with Crippen LogP contribution in [0.3, 0.4) is 0 Å². The van der Waals surface area contributed by atoms with Gasteiger partial charge in [-0.3, -0.25) is 14.4 Å². The van der Waals surface area contributed by atoms with Gasteiger partial charge in [-0.05, 0) is 63.1 Å². The Kier molecular flexibility index (Phi) is 11.7. The number of ether oxygens (including phenoxy) is 1.